The lowest BCUT2D eigenvalue weighted by Crippen LogP contribution is -2.33. The molecule has 8 heteroatoms. The van der Waals surface area contributed by atoms with Crippen LogP contribution in [0, 0.1) is 0 Å². The van der Waals surface area contributed by atoms with Crippen molar-refractivity contribution in [2.75, 3.05) is 27.4 Å². The number of aliphatic hydroxyl groups is 1. The number of likely N-dealkylation sites (tertiary alicyclic amines) is 1. The maximum absolute atomic E-state index is 13.0. The van der Waals surface area contributed by atoms with Crippen molar-refractivity contribution in [1.82, 2.24) is 4.90 Å². The van der Waals surface area contributed by atoms with Gasteiger partial charge in [-0.25, -0.2) is 0 Å². The van der Waals surface area contributed by atoms with E-state index in [0.717, 1.165) is 0 Å². The van der Waals surface area contributed by atoms with Gasteiger partial charge in [-0.15, -0.1) is 0 Å². The molecule has 1 saturated heterocycles. The Morgan fingerprint density at radius 3 is 2.28 bits per heavy atom. The zero-order valence-electron chi connectivity index (χ0n) is 18.5. The van der Waals surface area contributed by atoms with Gasteiger partial charge in [-0.1, -0.05) is 12.1 Å². The number of phenols is 1. The third-order valence-electron chi connectivity index (χ3n) is 5.19. The Bertz CT molecular complexity index is 1030. The van der Waals surface area contributed by atoms with E-state index in [1.165, 1.54) is 37.3 Å². The van der Waals surface area contributed by atoms with Crippen LogP contribution in [-0.2, 0) is 14.3 Å². The average Bonchev–Trinajstić information content (AvgIpc) is 3.03. The predicted molar refractivity (Wildman–Crippen MR) is 118 cm³/mol. The number of hydrogen-bond acceptors (Lipinski definition) is 7. The molecule has 0 aliphatic carbocycles. The van der Waals surface area contributed by atoms with E-state index < -0.39 is 17.7 Å². The maximum Gasteiger partial charge on any atom is 0.295 e. The number of hydrogen-bond donors (Lipinski definition) is 2. The van der Waals surface area contributed by atoms with E-state index in [4.69, 9.17) is 14.2 Å². The molecule has 1 aliphatic rings. The molecule has 2 N–H and O–H groups in total. The first kappa shape index (κ1) is 23.1. The molecule has 1 aliphatic heterocycles. The van der Waals surface area contributed by atoms with Crippen molar-refractivity contribution < 1.29 is 34.0 Å². The van der Waals surface area contributed by atoms with Crippen LogP contribution in [0.4, 0.5) is 0 Å². The fourth-order valence-electron chi connectivity index (χ4n) is 3.64. The second-order valence-corrected chi connectivity index (χ2v) is 7.57. The SMILES string of the molecule is COc1ccc(/C(O)=C2/C(=O)C(=O)N(CCOC(C)C)C2c2ccc(O)cc2)cc1OC. The van der Waals surface area contributed by atoms with E-state index in [1.807, 2.05) is 13.8 Å². The number of carbonyl (C=O) groups excluding carboxylic acids is 2. The zero-order valence-corrected chi connectivity index (χ0v) is 18.5. The van der Waals surface area contributed by atoms with E-state index in [1.54, 1.807) is 24.3 Å². The first-order valence-electron chi connectivity index (χ1n) is 10.2. The smallest absolute Gasteiger partial charge is 0.295 e. The van der Waals surface area contributed by atoms with Gasteiger partial charge in [0.05, 0.1) is 38.5 Å². The van der Waals surface area contributed by atoms with Crippen LogP contribution >= 0.6 is 0 Å². The third-order valence-corrected chi connectivity index (χ3v) is 5.19. The van der Waals surface area contributed by atoms with Crippen molar-refractivity contribution in [3.8, 4) is 17.2 Å². The summed E-state index contributed by atoms with van der Waals surface area (Å²) in [7, 11) is 2.96. The molecule has 0 spiro atoms. The Morgan fingerprint density at radius 1 is 1.03 bits per heavy atom. The molecule has 1 atom stereocenters. The summed E-state index contributed by atoms with van der Waals surface area (Å²) in [6.07, 6.45) is -0.0364. The predicted octanol–water partition coefficient (Wildman–Crippen LogP) is 3.26. The fourth-order valence-corrected chi connectivity index (χ4v) is 3.64. The van der Waals surface area contributed by atoms with Crippen LogP contribution in [0.25, 0.3) is 5.76 Å². The Labute approximate surface area is 186 Å². The lowest BCUT2D eigenvalue weighted by atomic mass is 9.95. The number of ketones is 1. The molecule has 32 heavy (non-hydrogen) atoms. The van der Waals surface area contributed by atoms with Gasteiger partial charge in [0, 0.05) is 12.1 Å². The summed E-state index contributed by atoms with van der Waals surface area (Å²) in [4.78, 5) is 27.3. The molecule has 0 saturated carbocycles. The van der Waals surface area contributed by atoms with Gasteiger partial charge in [0.25, 0.3) is 11.7 Å². The number of methoxy groups -OCH3 is 2. The molecule has 0 bridgehead atoms. The maximum atomic E-state index is 13.0. The van der Waals surface area contributed by atoms with Gasteiger partial charge >= 0.3 is 0 Å². The number of rotatable bonds is 8. The summed E-state index contributed by atoms with van der Waals surface area (Å²) >= 11 is 0. The molecule has 1 amide bonds. The summed E-state index contributed by atoms with van der Waals surface area (Å²) in [6, 6.07) is 10.1. The van der Waals surface area contributed by atoms with Crippen LogP contribution in [-0.4, -0.2) is 60.3 Å². The van der Waals surface area contributed by atoms with Crippen molar-refractivity contribution in [3.63, 3.8) is 0 Å². The lowest BCUT2D eigenvalue weighted by Gasteiger charge is -2.25. The Morgan fingerprint density at radius 2 is 1.69 bits per heavy atom. The number of aliphatic hydroxyl groups excluding tert-OH is 1. The number of aromatic hydroxyl groups is 1. The molecule has 0 aromatic heterocycles. The van der Waals surface area contributed by atoms with Crippen molar-refractivity contribution in [1.29, 1.82) is 0 Å². The summed E-state index contributed by atoms with van der Waals surface area (Å²) in [6.45, 7) is 4.15. The molecule has 1 unspecified atom stereocenters. The van der Waals surface area contributed by atoms with E-state index in [9.17, 15) is 19.8 Å². The minimum Gasteiger partial charge on any atom is -0.508 e. The van der Waals surface area contributed by atoms with Crippen molar-refractivity contribution in [3.05, 3.63) is 59.2 Å². The summed E-state index contributed by atoms with van der Waals surface area (Å²) in [5.41, 5.74) is 0.842. The number of ether oxygens (including phenoxy) is 3. The summed E-state index contributed by atoms with van der Waals surface area (Å²) in [5.74, 6) is -0.955. The molecule has 3 rings (SSSR count). The first-order chi connectivity index (χ1) is 15.3. The molecule has 1 heterocycles. The number of benzene rings is 2. The fraction of sp³-hybridized carbons (Fsp3) is 0.333. The highest BCUT2D eigenvalue weighted by atomic mass is 16.5. The second kappa shape index (κ2) is 9.74. The van der Waals surface area contributed by atoms with Crippen LogP contribution in [0.15, 0.2) is 48.0 Å². The highest BCUT2D eigenvalue weighted by Gasteiger charge is 2.46. The average molecular weight is 441 g/mol. The quantitative estimate of drug-likeness (QED) is 0.368. The standard InChI is InChI=1S/C24H27NO7/c1-14(2)32-12-11-25-21(15-5-8-17(26)9-6-15)20(23(28)24(25)29)22(27)16-7-10-18(30-3)19(13-16)31-4/h5-10,13-14,21,26-27H,11-12H2,1-4H3/b22-20-. The topological polar surface area (TPSA) is 106 Å². The third kappa shape index (κ3) is 4.55. The zero-order chi connectivity index (χ0) is 23.4. The van der Waals surface area contributed by atoms with Crippen LogP contribution < -0.4 is 9.47 Å². The van der Waals surface area contributed by atoms with Gasteiger partial charge in [0.2, 0.25) is 0 Å². The van der Waals surface area contributed by atoms with Crippen LogP contribution in [0.2, 0.25) is 0 Å². The molecular formula is C24H27NO7. The van der Waals surface area contributed by atoms with Gasteiger partial charge in [-0.05, 0) is 49.7 Å². The van der Waals surface area contributed by atoms with E-state index in [2.05, 4.69) is 0 Å². The van der Waals surface area contributed by atoms with Crippen LogP contribution in [0.5, 0.6) is 17.2 Å². The Kier molecular flexibility index (Phi) is 7.05. The highest BCUT2D eigenvalue weighted by molar-refractivity contribution is 6.46. The van der Waals surface area contributed by atoms with Crippen LogP contribution in [0.3, 0.4) is 0 Å². The van der Waals surface area contributed by atoms with E-state index in [-0.39, 0.29) is 36.3 Å². The van der Waals surface area contributed by atoms with Crippen LogP contribution in [0.1, 0.15) is 31.0 Å². The molecule has 8 nitrogen and oxygen atoms in total. The van der Waals surface area contributed by atoms with Gasteiger partial charge in [-0.2, -0.15) is 0 Å². The number of amides is 1. The van der Waals surface area contributed by atoms with Gasteiger partial charge in [0.15, 0.2) is 11.5 Å². The molecular weight excluding hydrogens is 414 g/mol. The van der Waals surface area contributed by atoms with E-state index in [0.29, 0.717) is 22.6 Å². The van der Waals surface area contributed by atoms with Gasteiger partial charge < -0.3 is 29.3 Å². The second-order valence-electron chi connectivity index (χ2n) is 7.57. The largest absolute Gasteiger partial charge is 0.508 e. The summed E-state index contributed by atoms with van der Waals surface area (Å²) < 4.78 is 16.1. The molecule has 1 fully saturated rings. The normalized spacial score (nSPS) is 17.8. The Hall–Kier alpha value is -3.52. The molecule has 2 aromatic carbocycles. The number of phenolic OH excluding ortho intramolecular Hbond substituents is 1. The number of nitrogens with zero attached hydrogens (tertiary/aromatic N) is 1. The van der Waals surface area contributed by atoms with Crippen molar-refractivity contribution in [2.45, 2.75) is 26.0 Å². The number of Topliss-reactive ketones (excluding diaryl/α,β-unsaturated/α-hetero) is 1. The minimum atomic E-state index is -0.834. The number of carbonyl (C=O) groups is 2. The Balaban J connectivity index is 2.11. The highest BCUT2D eigenvalue weighted by Crippen LogP contribution is 2.40. The molecule has 170 valence electrons. The van der Waals surface area contributed by atoms with Gasteiger partial charge in [-0.3, -0.25) is 9.59 Å². The van der Waals surface area contributed by atoms with Gasteiger partial charge in [0.1, 0.15) is 11.5 Å². The van der Waals surface area contributed by atoms with E-state index >= 15 is 0 Å². The minimum absolute atomic E-state index is 0.0364. The molecule has 0 radical (unpaired) electrons. The summed E-state index contributed by atoms with van der Waals surface area (Å²) in [5, 5.41) is 20.8. The lowest BCUT2D eigenvalue weighted by molar-refractivity contribution is -0.140. The van der Waals surface area contributed by atoms with Crippen molar-refractivity contribution in [2.24, 2.45) is 0 Å². The van der Waals surface area contributed by atoms with Crippen molar-refractivity contribution >= 4 is 17.4 Å². The monoisotopic (exact) mass is 441 g/mol. The molecule has 2 aromatic rings. The first-order valence-corrected chi connectivity index (χ1v) is 10.2.